The zero-order valence-electron chi connectivity index (χ0n) is 11.6. The van der Waals surface area contributed by atoms with Crippen LogP contribution in [0.25, 0.3) is 0 Å². The average Bonchev–Trinajstić information content (AvgIpc) is 2.39. The number of benzene rings is 1. The van der Waals surface area contributed by atoms with Crippen LogP contribution in [-0.4, -0.2) is 48.8 Å². The van der Waals surface area contributed by atoms with E-state index in [0.29, 0.717) is 6.04 Å². The average molecular weight is 248 g/mol. The minimum absolute atomic E-state index is 0.229. The van der Waals surface area contributed by atoms with Crippen LogP contribution < -0.4 is 4.90 Å². The molecule has 1 N–H and O–H groups in total. The molecule has 1 aliphatic heterocycles. The molecule has 1 aromatic rings. The fourth-order valence-electron chi connectivity index (χ4n) is 2.69. The van der Waals surface area contributed by atoms with E-state index in [1.54, 1.807) is 0 Å². The van der Waals surface area contributed by atoms with E-state index in [-0.39, 0.29) is 12.6 Å². The molecule has 1 saturated heterocycles. The largest absolute Gasteiger partial charge is 0.395 e. The minimum atomic E-state index is 0.229. The summed E-state index contributed by atoms with van der Waals surface area (Å²) in [5.41, 5.74) is 2.64. The van der Waals surface area contributed by atoms with Crippen molar-refractivity contribution in [1.82, 2.24) is 4.90 Å². The molecule has 1 fully saturated rings. The Bertz CT molecular complexity index is 377. The highest BCUT2D eigenvalue weighted by Gasteiger charge is 2.28. The molecule has 2 atom stereocenters. The van der Waals surface area contributed by atoms with Gasteiger partial charge in [-0.05, 0) is 38.1 Å². The summed E-state index contributed by atoms with van der Waals surface area (Å²) in [7, 11) is 2.09. The van der Waals surface area contributed by atoms with Crippen molar-refractivity contribution >= 4 is 5.69 Å². The molecule has 1 aromatic carbocycles. The van der Waals surface area contributed by atoms with Gasteiger partial charge in [-0.2, -0.15) is 0 Å². The van der Waals surface area contributed by atoms with E-state index in [2.05, 4.69) is 55.0 Å². The Morgan fingerprint density at radius 3 is 2.44 bits per heavy atom. The Kier molecular flexibility index (Phi) is 4.25. The summed E-state index contributed by atoms with van der Waals surface area (Å²) in [6.07, 6.45) is 1.08. The molecule has 2 unspecified atom stereocenters. The number of aryl methyl sites for hydroxylation is 1. The van der Waals surface area contributed by atoms with Gasteiger partial charge in [0.25, 0.3) is 0 Å². The number of aliphatic hydroxyl groups is 1. The SMILES string of the molecule is CCc1ccc(N2CC(CO)N(C)CC2C)cc1. The molecule has 2 rings (SSSR count). The molecule has 18 heavy (non-hydrogen) atoms. The summed E-state index contributed by atoms with van der Waals surface area (Å²) in [4.78, 5) is 4.65. The van der Waals surface area contributed by atoms with Gasteiger partial charge in [0.2, 0.25) is 0 Å². The van der Waals surface area contributed by atoms with Crippen LogP contribution in [0.1, 0.15) is 19.4 Å². The smallest absolute Gasteiger partial charge is 0.0604 e. The molecule has 0 bridgehead atoms. The zero-order chi connectivity index (χ0) is 13.1. The quantitative estimate of drug-likeness (QED) is 0.883. The highest BCUT2D eigenvalue weighted by molar-refractivity contribution is 5.49. The van der Waals surface area contributed by atoms with Crippen LogP contribution in [0, 0.1) is 0 Å². The first kappa shape index (κ1) is 13.4. The Morgan fingerprint density at radius 1 is 1.22 bits per heavy atom. The monoisotopic (exact) mass is 248 g/mol. The number of piperazine rings is 1. The lowest BCUT2D eigenvalue weighted by Crippen LogP contribution is -2.57. The number of rotatable bonds is 3. The fourth-order valence-corrected chi connectivity index (χ4v) is 2.69. The van der Waals surface area contributed by atoms with Crippen molar-refractivity contribution in [1.29, 1.82) is 0 Å². The number of likely N-dealkylation sites (N-methyl/N-ethyl adjacent to an activating group) is 1. The Morgan fingerprint density at radius 2 is 1.89 bits per heavy atom. The lowest BCUT2D eigenvalue weighted by Gasteiger charge is -2.44. The number of hydrogen-bond acceptors (Lipinski definition) is 3. The molecule has 0 aliphatic carbocycles. The van der Waals surface area contributed by atoms with Gasteiger partial charge in [-0.15, -0.1) is 0 Å². The Balaban J connectivity index is 2.15. The molecule has 3 heteroatoms. The lowest BCUT2D eigenvalue weighted by molar-refractivity contribution is 0.122. The highest BCUT2D eigenvalue weighted by atomic mass is 16.3. The first-order valence-corrected chi connectivity index (χ1v) is 6.82. The fraction of sp³-hybridized carbons (Fsp3) is 0.600. The van der Waals surface area contributed by atoms with E-state index in [9.17, 15) is 5.11 Å². The van der Waals surface area contributed by atoms with E-state index in [0.717, 1.165) is 19.5 Å². The van der Waals surface area contributed by atoms with Crippen LogP contribution in [0.2, 0.25) is 0 Å². The van der Waals surface area contributed by atoms with Gasteiger partial charge in [0.15, 0.2) is 0 Å². The highest BCUT2D eigenvalue weighted by Crippen LogP contribution is 2.23. The van der Waals surface area contributed by atoms with Gasteiger partial charge in [0, 0.05) is 24.8 Å². The van der Waals surface area contributed by atoms with Crippen molar-refractivity contribution in [2.75, 3.05) is 31.6 Å². The topological polar surface area (TPSA) is 26.7 Å². The second kappa shape index (κ2) is 5.72. The summed E-state index contributed by atoms with van der Waals surface area (Å²) in [5, 5.41) is 9.43. The summed E-state index contributed by atoms with van der Waals surface area (Å²) in [6.45, 7) is 6.56. The van der Waals surface area contributed by atoms with Gasteiger partial charge in [0.1, 0.15) is 0 Å². The number of hydrogen-bond donors (Lipinski definition) is 1. The maximum Gasteiger partial charge on any atom is 0.0604 e. The summed E-state index contributed by atoms with van der Waals surface area (Å²) in [6, 6.07) is 9.55. The van der Waals surface area contributed by atoms with E-state index >= 15 is 0 Å². The molecule has 3 nitrogen and oxygen atoms in total. The molecule has 100 valence electrons. The van der Waals surface area contributed by atoms with Crippen LogP contribution in [0.3, 0.4) is 0 Å². The molecule has 0 spiro atoms. The molecular weight excluding hydrogens is 224 g/mol. The van der Waals surface area contributed by atoms with Crippen LogP contribution in [0.5, 0.6) is 0 Å². The standard InChI is InChI=1S/C15H24N2O/c1-4-13-5-7-14(8-6-13)17-10-15(11-18)16(3)9-12(17)2/h5-8,12,15,18H,4,9-11H2,1-3H3. The normalized spacial score (nSPS) is 25.4. The second-order valence-corrected chi connectivity index (χ2v) is 5.30. The predicted octanol–water partition coefficient (Wildman–Crippen LogP) is 1.75. The van der Waals surface area contributed by atoms with Gasteiger partial charge < -0.3 is 10.0 Å². The summed E-state index contributed by atoms with van der Waals surface area (Å²) >= 11 is 0. The Labute approximate surface area is 110 Å². The molecule has 1 heterocycles. The van der Waals surface area contributed by atoms with Gasteiger partial charge in [-0.3, -0.25) is 4.90 Å². The maximum atomic E-state index is 9.43. The second-order valence-electron chi connectivity index (χ2n) is 5.30. The van der Waals surface area contributed by atoms with Crippen LogP contribution in [0.4, 0.5) is 5.69 Å². The van der Waals surface area contributed by atoms with Crippen LogP contribution in [0.15, 0.2) is 24.3 Å². The third-order valence-corrected chi connectivity index (χ3v) is 4.00. The van der Waals surface area contributed by atoms with Crippen LogP contribution in [-0.2, 0) is 6.42 Å². The van der Waals surface area contributed by atoms with Crippen LogP contribution >= 0.6 is 0 Å². The number of aliphatic hydroxyl groups excluding tert-OH is 1. The van der Waals surface area contributed by atoms with Gasteiger partial charge >= 0.3 is 0 Å². The van der Waals surface area contributed by atoms with E-state index in [1.165, 1.54) is 11.3 Å². The molecule has 0 aromatic heterocycles. The molecule has 0 amide bonds. The number of nitrogens with zero attached hydrogens (tertiary/aromatic N) is 2. The first-order valence-electron chi connectivity index (χ1n) is 6.82. The van der Waals surface area contributed by atoms with Crippen molar-refractivity contribution in [3.8, 4) is 0 Å². The Hall–Kier alpha value is -1.06. The lowest BCUT2D eigenvalue weighted by atomic mass is 10.1. The molecule has 0 radical (unpaired) electrons. The van der Waals surface area contributed by atoms with E-state index in [1.807, 2.05) is 0 Å². The van der Waals surface area contributed by atoms with Crippen molar-refractivity contribution in [2.24, 2.45) is 0 Å². The van der Waals surface area contributed by atoms with Crippen molar-refractivity contribution < 1.29 is 5.11 Å². The van der Waals surface area contributed by atoms with Crippen molar-refractivity contribution in [3.05, 3.63) is 29.8 Å². The van der Waals surface area contributed by atoms with E-state index in [4.69, 9.17) is 0 Å². The first-order chi connectivity index (χ1) is 8.65. The third kappa shape index (κ3) is 2.68. The third-order valence-electron chi connectivity index (χ3n) is 4.00. The predicted molar refractivity (Wildman–Crippen MR) is 76.1 cm³/mol. The van der Waals surface area contributed by atoms with E-state index < -0.39 is 0 Å². The van der Waals surface area contributed by atoms with Gasteiger partial charge in [-0.25, -0.2) is 0 Å². The number of anilines is 1. The van der Waals surface area contributed by atoms with Crippen molar-refractivity contribution in [2.45, 2.75) is 32.4 Å². The summed E-state index contributed by atoms with van der Waals surface area (Å²) < 4.78 is 0. The van der Waals surface area contributed by atoms with Crippen molar-refractivity contribution in [3.63, 3.8) is 0 Å². The maximum absolute atomic E-state index is 9.43. The van der Waals surface area contributed by atoms with Gasteiger partial charge in [-0.1, -0.05) is 19.1 Å². The van der Waals surface area contributed by atoms with Gasteiger partial charge in [0.05, 0.1) is 12.6 Å². The summed E-state index contributed by atoms with van der Waals surface area (Å²) in [5.74, 6) is 0. The minimum Gasteiger partial charge on any atom is -0.395 e. The zero-order valence-corrected chi connectivity index (χ0v) is 11.6. The molecular formula is C15H24N2O. The molecule has 1 aliphatic rings. The molecule has 0 saturated carbocycles.